The summed E-state index contributed by atoms with van der Waals surface area (Å²) in [7, 11) is 1.59. The van der Waals surface area contributed by atoms with E-state index in [0.29, 0.717) is 58.2 Å². The normalized spacial score (nSPS) is 20.1. The topological polar surface area (TPSA) is 187 Å². The van der Waals surface area contributed by atoms with Crippen LogP contribution >= 0.6 is 0 Å². The van der Waals surface area contributed by atoms with Gasteiger partial charge in [0, 0.05) is 46.6 Å². The van der Waals surface area contributed by atoms with Crippen molar-refractivity contribution in [2.75, 3.05) is 46.6 Å². The predicted octanol–water partition coefficient (Wildman–Crippen LogP) is -0.570. The Hall–Kier alpha value is -1.87. The SMILES string of the molecule is COC[C@@H]1C[C@@H](O)CN1C(=O)CCCCCNC(=O)CCCCCOC(OC(CO)[C@@H](C)O)[C@H](CO)NC(C)=O. The van der Waals surface area contributed by atoms with Crippen molar-refractivity contribution in [1.82, 2.24) is 15.5 Å². The zero-order chi connectivity index (χ0) is 29.9. The molecule has 1 saturated heterocycles. The Morgan fingerprint density at radius 2 is 1.73 bits per heavy atom. The van der Waals surface area contributed by atoms with Gasteiger partial charge in [0.1, 0.15) is 12.1 Å². The molecule has 13 heteroatoms. The van der Waals surface area contributed by atoms with Crippen LogP contribution in [0.5, 0.6) is 0 Å². The molecule has 0 saturated carbocycles. The van der Waals surface area contributed by atoms with Crippen LogP contribution in [0, 0.1) is 0 Å². The molecule has 0 radical (unpaired) electrons. The van der Waals surface area contributed by atoms with Crippen LogP contribution in [0.4, 0.5) is 0 Å². The molecule has 6 N–H and O–H groups in total. The molecule has 1 rings (SSSR count). The smallest absolute Gasteiger partial charge is 0.222 e. The van der Waals surface area contributed by atoms with Crippen molar-refractivity contribution in [3.63, 3.8) is 0 Å². The van der Waals surface area contributed by atoms with Crippen LogP contribution in [-0.2, 0) is 28.6 Å². The number of carbonyl (C=O) groups is 3. The first kappa shape index (κ1) is 36.2. The first-order valence-electron chi connectivity index (χ1n) is 14.3. The van der Waals surface area contributed by atoms with E-state index in [-0.39, 0.29) is 30.4 Å². The Kier molecular flexibility index (Phi) is 18.9. The zero-order valence-corrected chi connectivity index (χ0v) is 24.3. The summed E-state index contributed by atoms with van der Waals surface area (Å²) in [6.45, 7) is 3.41. The summed E-state index contributed by atoms with van der Waals surface area (Å²) in [4.78, 5) is 37.7. The molecule has 0 bridgehead atoms. The summed E-state index contributed by atoms with van der Waals surface area (Å²) in [5, 5.41) is 44.0. The van der Waals surface area contributed by atoms with E-state index in [1.807, 2.05) is 0 Å². The number of ether oxygens (including phenoxy) is 3. The van der Waals surface area contributed by atoms with Crippen LogP contribution in [0.15, 0.2) is 0 Å². The second kappa shape index (κ2) is 20.9. The quantitative estimate of drug-likeness (QED) is 0.0719. The number of hydrogen-bond donors (Lipinski definition) is 6. The van der Waals surface area contributed by atoms with E-state index < -0.39 is 43.9 Å². The van der Waals surface area contributed by atoms with Crippen molar-refractivity contribution in [2.45, 2.75) is 108 Å². The maximum Gasteiger partial charge on any atom is 0.222 e. The number of aliphatic hydroxyl groups is 4. The molecule has 0 aliphatic carbocycles. The third-order valence-corrected chi connectivity index (χ3v) is 6.73. The van der Waals surface area contributed by atoms with Crippen molar-refractivity contribution >= 4 is 17.7 Å². The Bertz CT molecular complexity index is 727. The highest BCUT2D eigenvalue weighted by Gasteiger charge is 2.33. The summed E-state index contributed by atoms with van der Waals surface area (Å²) in [5.41, 5.74) is 0. The lowest BCUT2D eigenvalue weighted by atomic mass is 10.1. The number of nitrogens with zero attached hydrogens (tertiary/aromatic N) is 1. The first-order chi connectivity index (χ1) is 19.1. The van der Waals surface area contributed by atoms with Gasteiger partial charge in [-0.1, -0.05) is 12.8 Å². The molecular formula is C27H51N3O10. The molecule has 0 aromatic heterocycles. The van der Waals surface area contributed by atoms with E-state index in [2.05, 4.69) is 10.6 Å². The number of rotatable bonds is 22. The molecule has 2 unspecified atom stereocenters. The van der Waals surface area contributed by atoms with Crippen molar-refractivity contribution in [3.05, 3.63) is 0 Å². The second-order valence-electron chi connectivity index (χ2n) is 10.3. The van der Waals surface area contributed by atoms with E-state index in [1.165, 1.54) is 13.8 Å². The monoisotopic (exact) mass is 577 g/mol. The molecule has 0 aromatic rings. The van der Waals surface area contributed by atoms with Gasteiger partial charge in [-0.15, -0.1) is 0 Å². The minimum atomic E-state index is -1.06. The molecule has 234 valence electrons. The number of nitrogens with one attached hydrogen (secondary N) is 2. The standard InChI is InChI=1S/C27H51N3O10/c1-19(33)24(17-32)40-27(23(16-31)29-20(2)34)39-13-9-5-6-10-25(36)28-12-8-4-7-11-26(37)30-15-22(35)14-21(30)18-38-3/h19,21-24,27,31-33,35H,4-18H2,1-3H3,(H,28,36)(H,29,34)/t19-,21+,22-,23+,24?,27?/m1/s1. The van der Waals surface area contributed by atoms with Crippen LogP contribution in [-0.4, -0.2) is 126 Å². The second-order valence-corrected chi connectivity index (χ2v) is 10.3. The lowest BCUT2D eigenvalue weighted by Crippen LogP contribution is -2.50. The van der Waals surface area contributed by atoms with Gasteiger partial charge in [-0.3, -0.25) is 14.4 Å². The third kappa shape index (κ3) is 14.7. The molecule has 1 fully saturated rings. The van der Waals surface area contributed by atoms with E-state index in [1.54, 1.807) is 12.0 Å². The molecular weight excluding hydrogens is 526 g/mol. The van der Waals surface area contributed by atoms with E-state index in [0.717, 1.165) is 19.3 Å². The summed E-state index contributed by atoms with van der Waals surface area (Å²) < 4.78 is 16.4. The van der Waals surface area contributed by atoms with Gasteiger partial charge in [0.25, 0.3) is 0 Å². The van der Waals surface area contributed by atoms with Crippen LogP contribution in [0.3, 0.4) is 0 Å². The molecule has 40 heavy (non-hydrogen) atoms. The highest BCUT2D eigenvalue weighted by Crippen LogP contribution is 2.20. The Balaban J connectivity index is 2.20. The third-order valence-electron chi connectivity index (χ3n) is 6.73. The molecule has 6 atom stereocenters. The molecule has 1 aliphatic heterocycles. The van der Waals surface area contributed by atoms with E-state index >= 15 is 0 Å². The van der Waals surface area contributed by atoms with Gasteiger partial charge >= 0.3 is 0 Å². The highest BCUT2D eigenvalue weighted by molar-refractivity contribution is 5.77. The van der Waals surface area contributed by atoms with Gasteiger partial charge in [0.2, 0.25) is 17.7 Å². The Morgan fingerprint density at radius 1 is 1.02 bits per heavy atom. The molecule has 1 aliphatic rings. The molecule has 1 heterocycles. The number of unbranched alkanes of at least 4 members (excludes halogenated alkanes) is 4. The number of aliphatic hydroxyl groups excluding tert-OH is 4. The van der Waals surface area contributed by atoms with Crippen molar-refractivity contribution in [2.24, 2.45) is 0 Å². The highest BCUT2D eigenvalue weighted by atomic mass is 16.7. The van der Waals surface area contributed by atoms with Gasteiger partial charge in [-0.2, -0.15) is 0 Å². The fourth-order valence-corrected chi connectivity index (χ4v) is 4.54. The van der Waals surface area contributed by atoms with Crippen molar-refractivity contribution < 1.29 is 49.0 Å². The molecule has 0 spiro atoms. The lowest BCUT2D eigenvalue weighted by Gasteiger charge is -2.30. The first-order valence-corrected chi connectivity index (χ1v) is 14.3. The number of β-amino-alcohol motifs (C(OH)–C–C–N with tert-alkyl or cyclic N) is 1. The number of likely N-dealkylation sites (tertiary alicyclic amines) is 1. The summed E-state index contributed by atoms with van der Waals surface area (Å²) in [6, 6.07) is -0.933. The summed E-state index contributed by atoms with van der Waals surface area (Å²) >= 11 is 0. The van der Waals surface area contributed by atoms with Crippen LogP contribution in [0.25, 0.3) is 0 Å². The minimum Gasteiger partial charge on any atom is -0.394 e. The number of carbonyl (C=O) groups excluding carboxylic acids is 3. The Labute approximate surface area is 237 Å². The molecule has 13 nitrogen and oxygen atoms in total. The van der Waals surface area contributed by atoms with Gasteiger partial charge in [-0.25, -0.2) is 0 Å². The predicted molar refractivity (Wildman–Crippen MR) is 146 cm³/mol. The average Bonchev–Trinajstić information content (AvgIpc) is 3.28. The Morgan fingerprint density at radius 3 is 2.35 bits per heavy atom. The maximum absolute atomic E-state index is 12.5. The summed E-state index contributed by atoms with van der Waals surface area (Å²) in [6.07, 6.45) is 2.15. The average molecular weight is 578 g/mol. The van der Waals surface area contributed by atoms with Crippen LogP contribution in [0.2, 0.25) is 0 Å². The van der Waals surface area contributed by atoms with Gasteiger partial charge in [0.15, 0.2) is 6.29 Å². The zero-order valence-electron chi connectivity index (χ0n) is 24.3. The van der Waals surface area contributed by atoms with Crippen LogP contribution < -0.4 is 10.6 Å². The molecule has 0 aromatic carbocycles. The van der Waals surface area contributed by atoms with Crippen molar-refractivity contribution in [1.29, 1.82) is 0 Å². The maximum atomic E-state index is 12.5. The summed E-state index contributed by atoms with van der Waals surface area (Å²) in [5.74, 6) is -0.393. The lowest BCUT2D eigenvalue weighted by molar-refractivity contribution is -0.214. The largest absolute Gasteiger partial charge is 0.394 e. The van der Waals surface area contributed by atoms with Gasteiger partial charge < -0.3 is 50.2 Å². The van der Waals surface area contributed by atoms with Gasteiger partial charge in [0.05, 0.1) is 38.1 Å². The number of hydrogen-bond acceptors (Lipinski definition) is 10. The number of methoxy groups -OCH3 is 1. The van der Waals surface area contributed by atoms with Crippen molar-refractivity contribution in [3.8, 4) is 0 Å². The number of amides is 3. The van der Waals surface area contributed by atoms with Crippen LogP contribution in [0.1, 0.15) is 71.6 Å². The van der Waals surface area contributed by atoms with E-state index in [4.69, 9.17) is 14.2 Å². The minimum absolute atomic E-state index is 0.0302. The molecule has 3 amide bonds. The fourth-order valence-electron chi connectivity index (χ4n) is 4.54. The fraction of sp³-hybridized carbons (Fsp3) is 0.889. The van der Waals surface area contributed by atoms with Gasteiger partial charge in [-0.05, 0) is 39.0 Å². The van der Waals surface area contributed by atoms with E-state index in [9.17, 15) is 34.8 Å².